The minimum Gasteiger partial charge on any atom is -0.394 e. The van der Waals surface area contributed by atoms with E-state index in [-0.39, 0.29) is 12.1 Å². The minimum absolute atomic E-state index is 0.0629. The second-order valence-electron chi connectivity index (χ2n) is 5.32. The molecule has 4 heteroatoms. The number of aliphatic hydroxyl groups is 1. The number of rotatable bonds is 5. The Hall–Kier alpha value is -0.420. The number of hydrogen-bond acceptors (Lipinski definition) is 4. The molecule has 1 aromatic rings. The van der Waals surface area contributed by atoms with Gasteiger partial charge in [0.1, 0.15) is 0 Å². The van der Waals surface area contributed by atoms with Crippen LogP contribution in [0.25, 0.3) is 0 Å². The van der Waals surface area contributed by atoms with Gasteiger partial charge in [-0.1, -0.05) is 6.07 Å². The molecule has 1 saturated carbocycles. The molecule has 2 fully saturated rings. The van der Waals surface area contributed by atoms with Crippen LogP contribution >= 0.6 is 11.3 Å². The normalized spacial score (nSPS) is 29.9. The van der Waals surface area contributed by atoms with Gasteiger partial charge < -0.3 is 10.4 Å². The fourth-order valence-corrected chi connectivity index (χ4v) is 3.32. The molecule has 1 atom stereocenters. The molecule has 0 aromatic carbocycles. The van der Waals surface area contributed by atoms with E-state index >= 15 is 0 Å². The SMILES string of the molecule is OCC1(NCc2cccs2)CCN(C2CC2)C1. The lowest BCUT2D eigenvalue weighted by molar-refractivity contribution is 0.158. The summed E-state index contributed by atoms with van der Waals surface area (Å²) < 4.78 is 0. The van der Waals surface area contributed by atoms with Crippen LogP contribution in [0.15, 0.2) is 17.5 Å². The third-order valence-corrected chi connectivity index (χ3v) is 4.84. The van der Waals surface area contributed by atoms with Gasteiger partial charge in [0, 0.05) is 30.6 Å². The number of nitrogens with zero attached hydrogens (tertiary/aromatic N) is 1. The van der Waals surface area contributed by atoms with Crippen LogP contribution in [0.4, 0.5) is 0 Å². The third kappa shape index (κ3) is 2.55. The Morgan fingerprint density at radius 1 is 1.53 bits per heavy atom. The van der Waals surface area contributed by atoms with Crippen LogP contribution in [0.5, 0.6) is 0 Å². The van der Waals surface area contributed by atoms with Gasteiger partial charge in [0.2, 0.25) is 0 Å². The smallest absolute Gasteiger partial charge is 0.0626 e. The van der Waals surface area contributed by atoms with Gasteiger partial charge in [-0.05, 0) is 30.7 Å². The highest BCUT2D eigenvalue weighted by atomic mass is 32.1. The van der Waals surface area contributed by atoms with Gasteiger partial charge in [0.05, 0.1) is 12.1 Å². The lowest BCUT2D eigenvalue weighted by Gasteiger charge is -2.28. The molecule has 0 radical (unpaired) electrons. The van der Waals surface area contributed by atoms with Crippen LogP contribution in [-0.4, -0.2) is 41.3 Å². The molecule has 0 spiro atoms. The maximum absolute atomic E-state index is 9.68. The van der Waals surface area contributed by atoms with Gasteiger partial charge in [-0.2, -0.15) is 0 Å². The quantitative estimate of drug-likeness (QED) is 0.832. The van der Waals surface area contributed by atoms with Crippen LogP contribution in [-0.2, 0) is 6.54 Å². The van der Waals surface area contributed by atoms with Crippen LogP contribution in [0.1, 0.15) is 24.1 Å². The van der Waals surface area contributed by atoms with E-state index in [1.165, 1.54) is 17.7 Å². The van der Waals surface area contributed by atoms with E-state index in [9.17, 15) is 5.11 Å². The molecule has 1 aromatic heterocycles. The zero-order valence-corrected chi connectivity index (χ0v) is 10.9. The third-order valence-electron chi connectivity index (χ3n) is 3.97. The maximum atomic E-state index is 9.68. The zero-order valence-electron chi connectivity index (χ0n) is 10.1. The van der Waals surface area contributed by atoms with Crippen molar-refractivity contribution in [3.63, 3.8) is 0 Å². The van der Waals surface area contributed by atoms with Crippen molar-refractivity contribution in [1.29, 1.82) is 0 Å². The maximum Gasteiger partial charge on any atom is 0.0626 e. The highest BCUT2D eigenvalue weighted by Crippen LogP contribution is 2.33. The second-order valence-corrected chi connectivity index (χ2v) is 6.36. The number of thiophene rings is 1. The molecule has 0 amide bonds. The molecular formula is C13H20N2OS. The fraction of sp³-hybridized carbons (Fsp3) is 0.692. The molecule has 3 rings (SSSR count). The lowest BCUT2D eigenvalue weighted by atomic mass is 10.00. The first-order valence-corrected chi connectivity index (χ1v) is 7.32. The Labute approximate surface area is 106 Å². The van der Waals surface area contributed by atoms with E-state index in [4.69, 9.17) is 0 Å². The van der Waals surface area contributed by atoms with Gasteiger partial charge >= 0.3 is 0 Å². The van der Waals surface area contributed by atoms with Crippen LogP contribution in [0, 0.1) is 0 Å². The summed E-state index contributed by atoms with van der Waals surface area (Å²) in [6.45, 7) is 3.29. The molecule has 17 heavy (non-hydrogen) atoms. The van der Waals surface area contributed by atoms with Crippen molar-refractivity contribution >= 4 is 11.3 Å². The number of likely N-dealkylation sites (tertiary alicyclic amines) is 1. The summed E-state index contributed by atoms with van der Waals surface area (Å²) in [5.41, 5.74) is -0.0629. The first-order valence-electron chi connectivity index (χ1n) is 6.44. The number of hydrogen-bond donors (Lipinski definition) is 2. The molecule has 1 saturated heterocycles. The van der Waals surface area contributed by atoms with Crippen LogP contribution in [0.3, 0.4) is 0 Å². The van der Waals surface area contributed by atoms with E-state index in [1.807, 2.05) is 0 Å². The number of nitrogens with one attached hydrogen (secondary N) is 1. The van der Waals surface area contributed by atoms with E-state index in [0.717, 1.165) is 32.1 Å². The highest BCUT2D eigenvalue weighted by Gasteiger charge is 2.42. The average molecular weight is 252 g/mol. The predicted molar refractivity (Wildman–Crippen MR) is 70.2 cm³/mol. The minimum atomic E-state index is -0.0629. The molecule has 94 valence electrons. The largest absolute Gasteiger partial charge is 0.394 e. The number of aliphatic hydroxyl groups excluding tert-OH is 1. The fourth-order valence-electron chi connectivity index (χ4n) is 2.67. The molecule has 1 aliphatic carbocycles. The standard InChI is InChI=1S/C13H20N2OS/c16-10-13(14-8-12-2-1-7-17-12)5-6-15(9-13)11-3-4-11/h1-2,7,11,14,16H,3-6,8-10H2. The summed E-state index contributed by atoms with van der Waals surface area (Å²) in [5, 5.41) is 15.4. The molecule has 2 heterocycles. The van der Waals surface area contributed by atoms with Crippen molar-refractivity contribution in [2.24, 2.45) is 0 Å². The molecule has 1 aliphatic heterocycles. The molecule has 3 nitrogen and oxygen atoms in total. The van der Waals surface area contributed by atoms with Gasteiger partial charge in [0.15, 0.2) is 0 Å². The van der Waals surface area contributed by atoms with Crippen molar-refractivity contribution in [2.75, 3.05) is 19.7 Å². The van der Waals surface area contributed by atoms with E-state index in [2.05, 4.69) is 27.7 Å². The first-order chi connectivity index (χ1) is 8.31. The zero-order chi connectivity index (χ0) is 11.7. The van der Waals surface area contributed by atoms with Crippen molar-refractivity contribution in [3.8, 4) is 0 Å². The van der Waals surface area contributed by atoms with Crippen molar-refractivity contribution in [3.05, 3.63) is 22.4 Å². The summed E-state index contributed by atoms with van der Waals surface area (Å²) in [4.78, 5) is 3.89. The van der Waals surface area contributed by atoms with Gasteiger partial charge in [0.25, 0.3) is 0 Å². The molecule has 1 unspecified atom stereocenters. The van der Waals surface area contributed by atoms with Crippen molar-refractivity contribution in [2.45, 2.75) is 37.4 Å². The summed E-state index contributed by atoms with van der Waals surface area (Å²) in [6.07, 6.45) is 3.78. The second kappa shape index (κ2) is 4.69. The van der Waals surface area contributed by atoms with Crippen molar-refractivity contribution < 1.29 is 5.11 Å². The molecule has 2 N–H and O–H groups in total. The summed E-state index contributed by atoms with van der Waals surface area (Å²) in [5.74, 6) is 0. The Morgan fingerprint density at radius 2 is 2.41 bits per heavy atom. The lowest BCUT2D eigenvalue weighted by Crippen LogP contribution is -2.50. The summed E-state index contributed by atoms with van der Waals surface area (Å²) in [7, 11) is 0. The van der Waals surface area contributed by atoms with Crippen LogP contribution in [0.2, 0.25) is 0 Å². The molecule has 0 bridgehead atoms. The summed E-state index contributed by atoms with van der Waals surface area (Å²) in [6, 6.07) is 5.04. The van der Waals surface area contributed by atoms with Gasteiger partial charge in [-0.25, -0.2) is 0 Å². The Bertz CT molecular complexity index is 364. The highest BCUT2D eigenvalue weighted by molar-refractivity contribution is 7.09. The topological polar surface area (TPSA) is 35.5 Å². The molecular weight excluding hydrogens is 232 g/mol. The van der Waals surface area contributed by atoms with Gasteiger partial charge in [-0.15, -0.1) is 11.3 Å². The van der Waals surface area contributed by atoms with E-state index in [1.54, 1.807) is 11.3 Å². The average Bonchev–Trinajstić information content (AvgIpc) is 2.93. The molecule has 2 aliphatic rings. The van der Waals surface area contributed by atoms with E-state index < -0.39 is 0 Å². The Morgan fingerprint density at radius 3 is 3.06 bits per heavy atom. The van der Waals surface area contributed by atoms with Gasteiger partial charge in [-0.3, -0.25) is 4.90 Å². The Kier molecular flexibility index (Phi) is 3.21. The first kappa shape index (κ1) is 11.7. The Balaban J connectivity index is 1.58. The van der Waals surface area contributed by atoms with Crippen LogP contribution < -0.4 is 5.32 Å². The monoisotopic (exact) mass is 252 g/mol. The van der Waals surface area contributed by atoms with E-state index in [0.29, 0.717) is 0 Å². The summed E-state index contributed by atoms with van der Waals surface area (Å²) >= 11 is 1.78. The van der Waals surface area contributed by atoms with Crippen molar-refractivity contribution in [1.82, 2.24) is 10.2 Å². The predicted octanol–water partition coefficient (Wildman–Crippen LogP) is 1.44.